The molecule has 2 heterocycles. The van der Waals surface area contributed by atoms with Crippen LogP contribution in [0.2, 0.25) is 10.2 Å². The predicted molar refractivity (Wildman–Crippen MR) is 109 cm³/mol. The van der Waals surface area contributed by atoms with Gasteiger partial charge in [-0.1, -0.05) is 29.3 Å². The normalized spacial score (nSPS) is 16.7. The van der Waals surface area contributed by atoms with Crippen molar-refractivity contribution in [1.29, 1.82) is 0 Å². The van der Waals surface area contributed by atoms with E-state index in [1.807, 2.05) is 12.1 Å². The third-order valence-electron chi connectivity index (χ3n) is 4.35. The van der Waals surface area contributed by atoms with Crippen molar-refractivity contribution in [2.75, 3.05) is 24.3 Å². The first-order chi connectivity index (χ1) is 13.6. The van der Waals surface area contributed by atoms with Gasteiger partial charge in [-0.05, 0) is 31.0 Å². The van der Waals surface area contributed by atoms with Crippen molar-refractivity contribution < 1.29 is 22.3 Å². The maximum atomic E-state index is 14.3. The summed E-state index contributed by atoms with van der Waals surface area (Å²) in [5.74, 6) is -1.25. The van der Waals surface area contributed by atoms with E-state index in [0.29, 0.717) is 5.15 Å². The molecule has 1 aromatic carbocycles. The van der Waals surface area contributed by atoms with Crippen LogP contribution in [0.3, 0.4) is 0 Å². The van der Waals surface area contributed by atoms with E-state index in [2.05, 4.69) is 9.88 Å². The Morgan fingerprint density at radius 3 is 2.83 bits per heavy atom. The fourth-order valence-electron chi connectivity index (χ4n) is 3.09. The first kappa shape index (κ1) is 21.6. The Hall–Kier alpha value is -2.10. The van der Waals surface area contributed by atoms with Crippen LogP contribution >= 0.6 is 23.2 Å². The number of aromatic nitrogens is 1. The molecule has 1 amide bonds. The van der Waals surface area contributed by atoms with Crippen molar-refractivity contribution in [3.63, 3.8) is 0 Å². The minimum atomic E-state index is -3.83. The Balaban J connectivity index is 1.72. The first-order valence-electron chi connectivity index (χ1n) is 8.67. The second-order valence-corrected chi connectivity index (χ2v) is 9.13. The summed E-state index contributed by atoms with van der Waals surface area (Å²) >= 11 is 12.1. The number of rotatable bonds is 6. The van der Waals surface area contributed by atoms with Crippen LogP contribution in [0.15, 0.2) is 30.3 Å². The van der Waals surface area contributed by atoms with E-state index in [0.717, 1.165) is 43.6 Å². The molecule has 0 radical (unpaired) electrons. The van der Waals surface area contributed by atoms with E-state index in [-0.39, 0.29) is 23.4 Å². The molecule has 2 aromatic rings. The van der Waals surface area contributed by atoms with Crippen LogP contribution < -0.4 is 14.4 Å². The molecule has 1 saturated heterocycles. The van der Waals surface area contributed by atoms with Gasteiger partial charge in [0.05, 0.1) is 22.9 Å². The number of anilines is 1. The molecular formula is C18H18Cl2FN3O4S. The summed E-state index contributed by atoms with van der Waals surface area (Å²) in [6.07, 6.45) is 2.59. The summed E-state index contributed by atoms with van der Waals surface area (Å²) in [6, 6.07) is 7.36. The summed E-state index contributed by atoms with van der Waals surface area (Å²) in [6.45, 7) is 1.01. The number of hydrogen-bond donors (Lipinski definition) is 1. The average molecular weight is 462 g/mol. The molecule has 0 bridgehead atoms. The molecule has 1 fully saturated rings. The molecule has 1 unspecified atom stereocenters. The largest absolute Gasteiger partial charge is 0.490 e. The molecule has 1 aliphatic rings. The van der Waals surface area contributed by atoms with Gasteiger partial charge in [0.15, 0.2) is 0 Å². The molecule has 3 rings (SSSR count). The number of pyridine rings is 1. The number of amides is 1. The molecule has 29 heavy (non-hydrogen) atoms. The third kappa shape index (κ3) is 5.49. The highest BCUT2D eigenvalue weighted by Crippen LogP contribution is 2.30. The minimum Gasteiger partial charge on any atom is -0.490 e. The van der Waals surface area contributed by atoms with E-state index >= 15 is 0 Å². The number of nitrogens with one attached hydrogen (secondary N) is 1. The Labute approximate surface area is 177 Å². The lowest BCUT2D eigenvalue weighted by Crippen LogP contribution is -2.34. The average Bonchev–Trinajstić information content (AvgIpc) is 3.09. The Bertz CT molecular complexity index is 1040. The minimum absolute atomic E-state index is 0.00419. The monoisotopic (exact) mass is 461 g/mol. The van der Waals surface area contributed by atoms with Gasteiger partial charge < -0.3 is 9.64 Å². The van der Waals surface area contributed by atoms with Crippen molar-refractivity contribution in [3.05, 3.63) is 51.9 Å². The van der Waals surface area contributed by atoms with Crippen LogP contribution in [-0.2, 0) is 10.0 Å². The first-order valence-corrected chi connectivity index (χ1v) is 11.3. The van der Waals surface area contributed by atoms with Gasteiger partial charge >= 0.3 is 0 Å². The maximum Gasteiger partial charge on any atom is 0.267 e. The van der Waals surface area contributed by atoms with E-state index in [9.17, 15) is 17.6 Å². The summed E-state index contributed by atoms with van der Waals surface area (Å²) in [5.41, 5.74) is -0.488. The van der Waals surface area contributed by atoms with Crippen molar-refractivity contribution in [3.8, 4) is 5.75 Å². The molecule has 0 spiro atoms. The standard InChI is InChI=1S/C18H18Cl2FN3O4S/c1-29(26,27)23-18(25)12-8-13(19)15(9-14(12)21)28-10-11-4-3-7-24(11)17-6-2-5-16(20)22-17/h2,5-6,8-9,11H,3-4,7,10H2,1H3,(H,23,25). The fourth-order valence-corrected chi connectivity index (χ4v) is 3.91. The molecule has 1 aromatic heterocycles. The zero-order chi connectivity index (χ0) is 21.2. The Morgan fingerprint density at radius 2 is 2.14 bits per heavy atom. The molecule has 156 valence electrons. The van der Waals surface area contributed by atoms with Crippen molar-refractivity contribution >= 4 is 45.0 Å². The molecule has 0 saturated carbocycles. The van der Waals surface area contributed by atoms with Gasteiger partial charge in [-0.25, -0.2) is 22.5 Å². The number of carbonyl (C=O) groups excluding carboxylic acids is 1. The Kier molecular flexibility index (Phi) is 6.50. The molecule has 0 aliphatic carbocycles. The van der Waals surface area contributed by atoms with Crippen LogP contribution in [0.4, 0.5) is 10.2 Å². The highest BCUT2D eigenvalue weighted by atomic mass is 35.5. The summed E-state index contributed by atoms with van der Waals surface area (Å²) in [5, 5.41) is 0.387. The number of nitrogens with zero attached hydrogens (tertiary/aromatic N) is 2. The number of halogens is 3. The summed E-state index contributed by atoms with van der Waals surface area (Å²) < 4.78 is 44.0. The van der Waals surface area contributed by atoms with Gasteiger partial charge in [0.2, 0.25) is 10.0 Å². The van der Waals surface area contributed by atoms with Crippen molar-refractivity contribution in [2.45, 2.75) is 18.9 Å². The Morgan fingerprint density at radius 1 is 1.38 bits per heavy atom. The van der Waals surface area contributed by atoms with E-state index < -0.39 is 27.3 Å². The zero-order valence-electron chi connectivity index (χ0n) is 15.4. The molecule has 1 N–H and O–H groups in total. The van der Waals surface area contributed by atoms with Crippen LogP contribution in [0, 0.1) is 5.82 Å². The van der Waals surface area contributed by atoms with Gasteiger partial charge in [-0.2, -0.15) is 0 Å². The summed E-state index contributed by atoms with van der Waals surface area (Å²) in [7, 11) is -3.83. The topological polar surface area (TPSA) is 88.6 Å². The molecule has 1 aliphatic heterocycles. The van der Waals surface area contributed by atoms with Crippen LogP contribution in [0.1, 0.15) is 23.2 Å². The lowest BCUT2D eigenvalue weighted by Gasteiger charge is -2.26. The lowest BCUT2D eigenvalue weighted by molar-refractivity contribution is 0.0977. The smallest absolute Gasteiger partial charge is 0.267 e. The molecule has 11 heteroatoms. The summed E-state index contributed by atoms with van der Waals surface area (Å²) in [4.78, 5) is 18.3. The molecular weight excluding hydrogens is 444 g/mol. The van der Waals surface area contributed by atoms with Gasteiger partial charge in [0.25, 0.3) is 5.91 Å². The molecule has 7 nitrogen and oxygen atoms in total. The van der Waals surface area contributed by atoms with E-state index in [4.69, 9.17) is 27.9 Å². The lowest BCUT2D eigenvalue weighted by atomic mass is 10.2. The highest BCUT2D eigenvalue weighted by molar-refractivity contribution is 7.89. The van der Waals surface area contributed by atoms with Gasteiger partial charge in [0.1, 0.15) is 29.1 Å². The van der Waals surface area contributed by atoms with Gasteiger partial charge in [0, 0.05) is 12.6 Å². The van der Waals surface area contributed by atoms with Crippen molar-refractivity contribution in [1.82, 2.24) is 9.71 Å². The van der Waals surface area contributed by atoms with E-state index in [1.165, 1.54) is 0 Å². The second-order valence-electron chi connectivity index (χ2n) is 6.58. The zero-order valence-corrected chi connectivity index (χ0v) is 17.7. The highest BCUT2D eigenvalue weighted by Gasteiger charge is 2.27. The van der Waals surface area contributed by atoms with E-state index in [1.54, 1.807) is 10.8 Å². The third-order valence-corrected chi connectivity index (χ3v) is 5.41. The van der Waals surface area contributed by atoms with Gasteiger partial charge in [-0.15, -0.1) is 0 Å². The number of sulfonamides is 1. The van der Waals surface area contributed by atoms with Crippen LogP contribution in [0.25, 0.3) is 0 Å². The molecule has 1 atom stereocenters. The van der Waals surface area contributed by atoms with Crippen LogP contribution in [0.5, 0.6) is 5.75 Å². The van der Waals surface area contributed by atoms with Gasteiger partial charge in [-0.3, -0.25) is 4.79 Å². The quantitative estimate of drug-likeness (QED) is 0.664. The number of ether oxygens (including phenoxy) is 1. The fraction of sp³-hybridized carbons (Fsp3) is 0.333. The SMILES string of the molecule is CS(=O)(=O)NC(=O)c1cc(Cl)c(OCC2CCCN2c2cccc(Cl)n2)cc1F. The number of benzene rings is 1. The second kappa shape index (κ2) is 8.73. The predicted octanol–water partition coefficient (Wildman–Crippen LogP) is 3.26. The number of hydrogen-bond acceptors (Lipinski definition) is 6. The van der Waals surface area contributed by atoms with Crippen LogP contribution in [-0.4, -0.2) is 44.8 Å². The number of carbonyl (C=O) groups is 1. The maximum absolute atomic E-state index is 14.3. The van der Waals surface area contributed by atoms with Crippen molar-refractivity contribution in [2.24, 2.45) is 0 Å².